The molecule has 1 aromatic carbocycles. The lowest BCUT2D eigenvalue weighted by molar-refractivity contribution is -0.115. The molecular formula is C18H23N3O2S. The maximum Gasteiger partial charge on any atom is 0.251 e. The number of hydrogen-bond donors (Lipinski definition) is 2. The summed E-state index contributed by atoms with van der Waals surface area (Å²) in [5.74, 6) is -0.103. The predicted molar refractivity (Wildman–Crippen MR) is 98.7 cm³/mol. The third kappa shape index (κ3) is 4.47. The SMILES string of the molecule is CCc1cc(=O)[nH]c(SC(C)C(=O)Nc2c(C)cccc2CC)n1. The molecular weight excluding hydrogens is 322 g/mol. The van der Waals surface area contributed by atoms with Gasteiger partial charge in [0.05, 0.1) is 5.25 Å². The van der Waals surface area contributed by atoms with Gasteiger partial charge in [-0.15, -0.1) is 0 Å². The fraction of sp³-hybridized carbons (Fsp3) is 0.389. The van der Waals surface area contributed by atoms with Crippen molar-refractivity contribution in [2.75, 3.05) is 5.32 Å². The summed E-state index contributed by atoms with van der Waals surface area (Å²) >= 11 is 1.26. The van der Waals surface area contributed by atoms with Crippen LogP contribution in [0.3, 0.4) is 0 Å². The van der Waals surface area contributed by atoms with Crippen LogP contribution in [-0.2, 0) is 17.6 Å². The standard InChI is InChI=1S/C18H23N3O2S/c1-5-13-9-7-8-11(3)16(13)21-17(23)12(4)24-18-19-14(6-2)10-15(22)20-18/h7-10,12H,5-6H2,1-4H3,(H,21,23)(H,19,20,22). The van der Waals surface area contributed by atoms with Gasteiger partial charge in [-0.05, 0) is 37.8 Å². The van der Waals surface area contributed by atoms with E-state index in [9.17, 15) is 9.59 Å². The Balaban J connectivity index is 2.13. The monoisotopic (exact) mass is 345 g/mol. The maximum absolute atomic E-state index is 12.5. The van der Waals surface area contributed by atoms with E-state index in [1.807, 2.05) is 39.0 Å². The van der Waals surface area contributed by atoms with Crippen LogP contribution in [0.4, 0.5) is 5.69 Å². The molecule has 2 aromatic rings. The van der Waals surface area contributed by atoms with E-state index in [2.05, 4.69) is 22.2 Å². The van der Waals surface area contributed by atoms with Crippen molar-refractivity contribution >= 4 is 23.4 Å². The number of carbonyl (C=O) groups excluding carboxylic acids is 1. The van der Waals surface area contributed by atoms with Gasteiger partial charge in [-0.1, -0.05) is 43.8 Å². The second-order valence-electron chi connectivity index (χ2n) is 5.61. The molecule has 0 fully saturated rings. The highest BCUT2D eigenvalue weighted by Crippen LogP contribution is 2.24. The van der Waals surface area contributed by atoms with Gasteiger partial charge in [0, 0.05) is 17.4 Å². The molecule has 1 unspecified atom stereocenters. The van der Waals surface area contributed by atoms with E-state index in [1.54, 1.807) is 0 Å². The molecule has 1 amide bonds. The highest BCUT2D eigenvalue weighted by Gasteiger charge is 2.18. The van der Waals surface area contributed by atoms with Crippen molar-refractivity contribution in [2.45, 2.75) is 50.9 Å². The Morgan fingerprint density at radius 2 is 2.08 bits per heavy atom. The first-order valence-electron chi connectivity index (χ1n) is 8.10. The van der Waals surface area contributed by atoms with Crippen LogP contribution in [0, 0.1) is 6.92 Å². The molecule has 1 atom stereocenters. The molecule has 0 spiro atoms. The third-order valence-electron chi connectivity index (χ3n) is 3.78. The summed E-state index contributed by atoms with van der Waals surface area (Å²) in [7, 11) is 0. The lowest BCUT2D eigenvalue weighted by Crippen LogP contribution is -2.24. The molecule has 0 aliphatic heterocycles. The van der Waals surface area contributed by atoms with Crippen LogP contribution in [0.1, 0.15) is 37.6 Å². The van der Waals surface area contributed by atoms with Gasteiger partial charge in [0.15, 0.2) is 5.16 Å². The second kappa shape index (κ2) is 8.15. The number of anilines is 1. The van der Waals surface area contributed by atoms with Crippen molar-refractivity contribution in [1.29, 1.82) is 0 Å². The lowest BCUT2D eigenvalue weighted by atomic mass is 10.1. The van der Waals surface area contributed by atoms with Crippen molar-refractivity contribution in [3.63, 3.8) is 0 Å². The average molecular weight is 345 g/mol. The Kier molecular flexibility index (Phi) is 6.20. The summed E-state index contributed by atoms with van der Waals surface area (Å²) in [5.41, 5.74) is 3.56. The first kappa shape index (κ1) is 18.3. The fourth-order valence-electron chi connectivity index (χ4n) is 2.37. The molecule has 0 saturated carbocycles. The number of nitrogens with zero attached hydrogens (tertiary/aromatic N) is 1. The number of amides is 1. The van der Waals surface area contributed by atoms with Crippen LogP contribution in [0.25, 0.3) is 0 Å². The van der Waals surface area contributed by atoms with Gasteiger partial charge in [0.1, 0.15) is 0 Å². The number of H-pyrrole nitrogens is 1. The molecule has 0 saturated heterocycles. The van der Waals surface area contributed by atoms with Crippen molar-refractivity contribution in [1.82, 2.24) is 9.97 Å². The zero-order valence-corrected chi connectivity index (χ0v) is 15.3. The largest absolute Gasteiger partial charge is 0.325 e. The van der Waals surface area contributed by atoms with Crippen LogP contribution >= 0.6 is 11.8 Å². The Morgan fingerprint density at radius 1 is 1.33 bits per heavy atom. The molecule has 2 rings (SSSR count). The van der Waals surface area contributed by atoms with E-state index < -0.39 is 0 Å². The Hall–Kier alpha value is -2.08. The lowest BCUT2D eigenvalue weighted by Gasteiger charge is -2.16. The number of nitrogens with one attached hydrogen (secondary N) is 2. The van der Waals surface area contributed by atoms with Crippen molar-refractivity contribution in [2.24, 2.45) is 0 Å². The first-order valence-corrected chi connectivity index (χ1v) is 8.98. The number of para-hydroxylation sites is 1. The Morgan fingerprint density at radius 3 is 2.75 bits per heavy atom. The van der Waals surface area contributed by atoms with E-state index in [-0.39, 0.29) is 16.7 Å². The quantitative estimate of drug-likeness (QED) is 0.622. The van der Waals surface area contributed by atoms with Crippen LogP contribution in [-0.4, -0.2) is 21.1 Å². The minimum Gasteiger partial charge on any atom is -0.325 e. The molecule has 1 heterocycles. The van der Waals surface area contributed by atoms with Gasteiger partial charge < -0.3 is 10.3 Å². The van der Waals surface area contributed by atoms with E-state index in [0.29, 0.717) is 11.6 Å². The van der Waals surface area contributed by atoms with Crippen LogP contribution in [0.2, 0.25) is 0 Å². The molecule has 128 valence electrons. The average Bonchev–Trinajstić information content (AvgIpc) is 2.55. The molecule has 0 radical (unpaired) electrons. The van der Waals surface area contributed by atoms with E-state index in [0.717, 1.165) is 28.9 Å². The minimum absolute atomic E-state index is 0.103. The number of hydrogen-bond acceptors (Lipinski definition) is 4. The van der Waals surface area contributed by atoms with E-state index in [4.69, 9.17) is 0 Å². The van der Waals surface area contributed by atoms with Crippen LogP contribution in [0.15, 0.2) is 34.2 Å². The van der Waals surface area contributed by atoms with Gasteiger partial charge in [0.25, 0.3) is 5.56 Å². The van der Waals surface area contributed by atoms with Crippen molar-refractivity contribution in [3.8, 4) is 0 Å². The third-order valence-corrected chi connectivity index (χ3v) is 4.77. The van der Waals surface area contributed by atoms with Crippen LogP contribution < -0.4 is 10.9 Å². The second-order valence-corrected chi connectivity index (χ2v) is 6.94. The molecule has 1 aromatic heterocycles. The number of rotatable bonds is 6. The highest BCUT2D eigenvalue weighted by molar-refractivity contribution is 8.00. The first-order chi connectivity index (χ1) is 11.4. The fourth-order valence-corrected chi connectivity index (χ4v) is 3.20. The van der Waals surface area contributed by atoms with Gasteiger partial charge in [0.2, 0.25) is 5.91 Å². The highest BCUT2D eigenvalue weighted by atomic mass is 32.2. The minimum atomic E-state index is -0.371. The van der Waals surface area contributed by atoms with Gasteiger partial charge in [-0.3, -0.25) is 9.59 Å². The number of aromatic nitrogens is 2. The smallest absolute Gasteiger partial charge is 0.251 e. The summed E-state index contributed by atoms with van der Waals surface area (Å²) in [6, 6.07) is 7.48. The van der Waals surface area contributed by atoms with E-state index >= 15 is 0 Å². The zero-order valence-electron chi connectivity index (χ0n) is 14.5. The summed E-state index contributed by atoms with van der Waals surface area (Å²) in [6.07, 6.45) is 1.54. The summed E-state index contributed by atoms with van der Waals surface area (Å²) in [6.45, 7) is 7.79. The molecule has 2 N–H and O–H groups in total. The zero-order chi connectivity index (χ0) is 17.7. The van der Waals surface area contributed by atoms with Crippen molar-refractivity contribution < 1.29 is 4.79 Å². The summed E-state index contributed by atoms with van der Waals surface area (Å²) < 4.78 is 0. The number of aryl methyl sites for hydroxylation is 3. The summed E-state index contributed by atoms with van der Waals surface area (Å²) in [5, 5.41) is 3.12. The molecule has 0 aliphatic carbocycles. The molecule has 24 heavy (non-hydrogen) atoms. The summed E-state index contributed by atoms with van der Waals surface area (Å²) in [4.78, 5) is 31.2. The number of benzene rings is 1. The predicted octanol–water partition coefficient (Wildman–Crippen LogP) is 3.32. The topological polar surface area (TPSA) is 74.8 Å². The molecule has 0 aliphatic rings. The van der Waals surface area contributed by atoms with Crippen LogP contribution in [0.5, 0.6) is 0 Å². The molecule has 5 nitrogen and oxygen atoms in total. The molecule has 6 heteroatoms. The number of aromatic amines is 1. The molecule has 0 bridgehead atoms. The van der Waals surface area contributed by atoms with Gasteiger partial charge >= 0.3 is 0 Å². The Labute approximate surface area is 146 Å². The normalized spacial score (nSPS) is 12.0. The number of thioether (sulfide) groups is 1. The van der Waals surface area contributed by atoms with Crippen molar-refractivity contribution in [3.05, 3.63) is 51.4 Å². The van der Waals surface area contributed by atoms with Gasteiger partial charge in [-0.2, -0.15) is 0 Å². The van der Waals surface area contributed by atoms with Gasteiger partial charge in [-0.25, -0.2) is 4.98 Å². The number of carbonyl (C=O) groups is 1. The maximum atomic E-state index is 12.5. The van der Waals surface area contributed by atoms with E-state index in [1.165, 1.54) is 17.8 Å². The Bertz CT molecular complexity index is 786.